The van der Waals surface area contributed by atoms with E-state index < -0.39 is 0 Å². The number of rotatable bonds is 7. The molecular weight excluding hydrogens is 262 g/mol. The van der Waals surface area contributed by atoms with Crippen LogP contribution in [0.4, 0.5) is 0 Å². The minimum Gasteiger partial charge on any atom is -0.453 e. The second kappa shape index (κ2) is 6.90. The molecule has 3 heteroatoms. The zero-order chi connectivity index (χ0) is 15.4. The topological polar surface area (TPSA) is 33.5 Å². The lowest BCUT2D eigenvalue weighted by molar-refractivity contribution is 0.0887. The van der Waals surface area contributed by atoms with Gasteiger partial charge in [0, 0.05) is 18.5 Å². The number of carbonyl (C=O) groups is 1. The SMILES string of the molecule is CC(C)CN(CC(=O)c1cc2ccccc2o1)CC(C)C. The molecule has 0 fully saturated rings. The average Bonchev–Trinajstić information content (AvgIpc) is 2.80. The molecule has 1 aromatic carbocycles. The molecule has 0 amide bonds. The highest BCUT2D eigenvalue weighted by atomic mass is 16.3. The zero-order valence-electron chi connectivity index (χ0n) is 13.4. The van der Waals surface area contributed by atoms with E-state index in [-0.39, 0.29) is 5.78 Å². The zero-order valence-corrected chi connectivity index (χ0v) is 13.4. The second-order valence-corrected chi connectivity index (χ2v) is 6.55. The average molecular weight is 287 g/mol. The first kappa shape index (κ1) is 15.8. The van der Waals surface area contributed by atoms with E-state index in [1.54, 1.807) is 0 Å². The predicted octanol–water partition coefficient (Wildman–Crippen LogP) is 4.23. The molecule has 0 atom stereocenters. The van der Waals surface area contributed by atoms with Crippen molar-refractivity contribution in [1.82, 2.24) is 4.90 Å². The van der Waals surface area contributed by atoms with Crippen LogP contribution in [0.2, 0.25) is 0 Å². The first-order chi connectivity index (χ1) is 9.95. The van der Waals surface area contributed by atoms with Crippen molar-refractivity contribution in [2.45, 2.75) is 27.7 Å². The van der Waals surface area contributed by atoms with Crippen molar-refractivity contribution in [3.63, 3.8) is 0 Å². The summed E-state index contributed by atoms with van der Waals surface area (Å²) in [5, 5.41) is 0.986. The molecule has 0 aliphatic carbocycles. The van der Waals surface area contributed by atoms with Crippen LogP contribution in [0.3, 0.4) is 0 Å². The molecule has 114 valence electrons. The van der Waals surface area contributed by atoms with Gasteiger partial charge in [-0.1, -0.05) is 45.9 Å². The number of carbonyl (C=O) groups excluding carboxylic acids is 1. The molecule has 1 heterocycles. The van der Waals surface area contributed by atoms with Crippen LogP contribution < -0.4 is 0 Å². The van der Waals surface area contributed by atoms with E-state index in [4.69, 9.17) is 4.42 Å². The Morgan fingerprint density at radius 1 is 1.10 bits per heavy atom. The monoisotopic (exact) mass is 287 g/mol. The van der Waals surface area contributed by atoms with E-state index >= 15 is 0 Å². The van der Waals surface area contributed by atoms with Crippen LogP contribution in [0.1, 0.15) is 38.2 Å². The molecule has 2 aromatic rings. The molecular formula is C18H25NO2. The number of nitrogens with zero attached hydrogens (tertiary/aromatic N) is 1. The second-order valence-electron chi connectivity index (χ2n) is 6.55. The minimum atomic E-state index is 0.0625. The molecule has 0 radical (unpaired) electrons. The van der Waals surface area contributed by atoms with E-state index in [0.717, 1.165) is 24.1 Å². The molecule has 0 spiro atoms. The number of para-hydroxylation sites is 1. The number of furan rings is 1. The smallest absolute Gasteiger partial charge is 0.211 e. The summed E-state index contributed by atoms with van der Waals surface area (Å²) < 4.78 is 5.66. The Kier molecular flexibility index (Phi) is 5.18. The molecule has 0 saturated heterocycles. The molecule has 0 bridgehead atoms. The highest BCUT2D eigenvalue weighted by Gasteiger charge is 2.18. The Hall–Kier alpha value is -1.61. The number of hydrogen-bond donors (Lipinski definition) is 0. The third-order valence-corrected chi connectivity index (χ3v) is 3.31. The maximum atomic E-state index is 12.5. The van der Waals surface area contributed by atoms with Gasteiger partial charge in [0.15, 0.2) is 5.76 Å². The molecule has 0 saturated carbocycles. The quantitative estimate of drug-likeness (QED) is 0.715. The van der Waals surface area contributed by atoms with Gasteiger partial charge in [0.05, 0.1) is 6.54 Å². The summed E-state index contributed by atoms with van der Waals surface area (Å²) in [6.45, 7) is 11.0. The van der Waals surface area contributed by atoms with E-state index in [0.29, 0.717) is 24.1 Å². The van der Waals surface area contributed by atoms with E-state index in [2.05, 4.69) is 32.6 Å². The normalized spacial score (nSPS) is 12.0. The van der Waals surface area contributed by atoms with E-state index in [1.807, 2.05) is 30.3 Å². The van der Waals surface area contributed by atoms with Crippen LogP contribution in [0.15, 0.2) is 34.7 Å². The van der Waals surface area contributed by atoms with Crippen LogP contribution in [-0.2, 0) is 0 Å². The Morgan fingerprint density at radius 3 is 2.29 bits per heavy atom. The Morgan fingerprint density at radius 2 is 1.71 bits per heavy atom. The highest BCUT2D eigenvalue weighted by Crippen LogP contribution is 2.19. The minimum absolute atomic E-state index is 0.0625. The van der Waals surface area contributed by atoms with Gasteiger partial charge in [-0.05, 0) is 24.0 Å². The van der Waals surface area contributed by atoms with Crippen LogP contribution >= 0.6 is 0 Å². The Balaban J connectivity index is 2.10. The lowest BCUT2D eigenvalue weighted by atomic mass is 10.1. The third kappa shape index (κ3) is 4.43. The van der Waals surface area contributed by atoms with Crippen LogP contribution in [0, 0.1) is 11.8 Å². The van der Waals surface area contributed by atoms with Gasteiger partial charge < -0.3 is 4.42 Å². The van der Waals surface area contributed by atoms with E-state index in [9.17, 15) is 4.79 Å². The Labute approximate surface area is 126 Å². The third-order valence-electron chi connectivity index (χ3n) is 3.31. The van der Waals surface area contributed by atoms with Crippen LogP contribution in [-0.4, -0.2) is 30.3 Å². The molecule has 0 unspecified atom stereocenters. The maximum absolute atomic E-state index is 12.5. The van der Waals surface area contributed by atoms with Gasteiger partial charge >= 0.3 is 0 Å². The summed E-state index contributed by atoms with van der Waals surface area (Å²) in [4.78, 5) is 14.7. The maximum Gasteiger partial charge on any atom is 0.211 e. The van der Waals surface area contributed by atoms with Crippen LogP contribution in [0.25, 0.3) is 11.0 Å². The van der Waals surface area contributed by atoms with Crippen molar-refractivity contribution < 1.29 is 9.21 Å². The molecule has 2 rings (SSSR count). The number of ketones is 1. The lowest BCUT2D eigenvalue weighted by Gasteiger charge is -2.24. The molecule has 0 N–H and O–H groups in total. The lowest BCUT2D eigenvalue weighted by Crippen LogP contribution is -2.35. The Bertz CT molecular complexity index is 555. The van der Waals surface area contributed by atoms with Gasteiger partial charge in [-0.15, -0.1) is 0 Å². The number of benzene rings is 1. The number of hydrogen-bond acceptors (Lipinski definition) is 3. The van der Waals surface area contributed by atoms with Gasteiger partial charge in [0.25, 0.3) is 0 Å². The molecule has 0 aliphatic rings. The largest absolute Gasteiger partial charge is 0.453 e. The highest BCUT2D eigenvalue weighted by molar-refractivity contribution is 5.98. The summed E-state index contributed by atoms with van der Waals surface area (Å²) in [5.74, 6) is 1.63. The van der Waals surface area contributed by atoms with E-state index in [1.165, 1.54) is 0 Å². The molecule has 1 aromatic heterocycles. The molecule has 3 nitrogen and oxygen atoms in total. The summed E-state index contributed by atoms with van der Waals surface area (Å²) in [5.41, 5.74) is 0.778. The first-order valence-corrected chi connectivity index (χ1v) is 7.70. The standard InChI is InChI=1S/C18H25NO2/c1-13(2)10-19(11-14(3)4)12-16(20)18-9-15-7-5-6-8-17(15)21-18/h5-9,13-14H,10-12H2,1-4H3. The van der Waals surface area contributed by atoms with Crippen LogP contribution in [0.5, 0.6) is 0 Å². The van der Waals surface area contributed by atoms with Crippen molar-refractivity contribution in [2.75, 3.05) is 19.6 Å². The van der Waals surface area contributed by atoms with Crippen molar-refractivity contribution >= 4 is 16.8 Å². The summed E-state index contributed by atoms with van der Waals surface area (Å²) in [6.07, 6.45) is 0. The summed E-state index contributed by atoms with van der Waals surface area (Å²) >= 11 is 0. The van der Waals surface area contributed by atoms with Crippen molar-refractivity contribution in [2.24, 2.45) is 11.8 Å². The summed E-state index contributed by atoms with van der Waals surface area (Å²) in [7, 11) is 0. The van der Waals surface area contributed by atoms with Gasteiger partial charge in [-0.3, -0.25) is 9.69 Å². The van der Waals surface area contributed by atoms with Gasteiger partial charge in [-0.25, -0.2) is 0 Å². The fourth-order valence-electron chi connectivity index (χ4n) is 2.64. The van der Waals surface area contributed by atoms with Crippen molar-refractivity contribution in [1.29, 1.82) is 0 Å². The molecule has 21 heavy (non-hydrogen) atoms. The predicted molar refractivity (Wildman–Crippen MR) is 86.7 cm³/mol. The first-order valence-electron chi connectivity index (χ1n) is 7.70. The number of fused-ring (bicyclic) bond motifs is 1. The molecule has 0 aliphatic heterocycles. The van der Waals surface area contributed by atoms with Crippen molar-refractivity contribution in [3.05, 3.63) is 36.1 Å². The van der Waals surface area contributed by atoms with Gasteiger partial charge in [-0.2, -0.15) is 0 Å². The fourth-order valence-corrected chi connectivity index (χ4v) is 2.64. The summed E-state index contributed by atoms with van der Waals surface area (Å²) in [6, 6.07) is 9.59. The van der Waals surface area contributed by atoms with Gasteiger partial charge in [0.2, 0.25) is 5.78 Å². The number of Topliss-reactive ketones (excluding diaryl/α,β-unsaturated/α-hetero) is 1. The van der Waals surface area contributed by atoms with Crippen molar-refractivity contribution in [3.8, 4) is 0 Å². The van der Waals surface area contributed by atoms with Gasteiger partial charge in [0.1, 0.15) is 5.58 Å². The fraction of sp³-hybridized carbons (Fsp3) is 0.500.